The number of hydrogen-bond donors (Lipinski definition) is 3. The van der Waals surface area contributed by atoms with Crippen molar-refractivity contribution in [3.63, 3.8) is 0 Å². The number of ether oxygens (including phenoxy) is 1. The number of amides is 1. The molecule has 1 fully saturated rings. The molecule has 3 N–H and O–H groups in total. The van der Waals surface area contributed by atoms with Crippen molar-refractivity contribution < 1.29 is 19.7 Å². The van der Waals surface area contributed by atoms with Gasteiger partial charge in [0.25, 0.3) is 0 Å². The molecule has 0 aliphatic heterocycles. The fourth-order valence-corrected chi connectivity index (χ4v) is 3.02. The van der Waals surface area contributed by atoms with E-state index in [1.807, 2.05) is 0 Å². The van der Waals surface area contributed by atoms with Gasteiger partial charge in [0, 0.05) is 4.91 Å². The molecular formula is C16H30N4O4. The number of rotatable bonds is 7. The Morgan fingerprint density at radius 2 is 1.96 bits per heavy atom. The van der Waals surface area contributed by atoms with Gasteiger partial charge in [-0.25, -0.2) is 4.79 Å². The number of carbonyl (C=O) groups is 1. The van der Waals surface area contributed by atoms with Crippen molar-refractivity contribution in [2.24, 2.45) is 11.0 Å². The number of carbonyl (C=O) groups excluding carboxylic acids is 1. The van der Waals surface area contributed by atoms with Gasteiger partial charge in [0.05, 0.1) is 18.7 Å². The first-order valence-corrected chi connectivity index (χ1v) is 8.59. The quantitative estimate of drug-likeness (QED) is 0.373. The number of nitrogens with zero attached hydrogens (tertiary/aromatic N) is 3. The van der Waals surface area contributed by atoms with Crippen LogP contribution in [0.15, 0.2) is 5.11 Å². The molecule has 0 aromatic heterocycles. The van der Waals surface area contributed by atoms with E-state index in [-0.39, 0.29) is 6.54 Å². The Morgan fingerprint density at radius 1 is 1.33 bits per heavy atom. The third-order valence-electron chi connectivity index (χ3n) is 4.15. The van der Waals surface area contributed by atoms with Crippen molar-refractivity contribution in [1.82, 2.24) is 5.32 Å². The van der Waals surface area contributed by atoms with Crippen molar-refractivity contribution in [1.29, 1.82) is 0 Å². The van der Waals surface area contributed by atoms with E-state index in [4.69, 9.17) is 10.3 Å². The van der Waals surface area contributed by atoms with Crippen LogP contribution in [0.25, 0.3) is 10.4 Å². The van der Waals surface area contributed by atoms with Gasteiger partial charge in [-0.05, 0) is 38.6 Å². The minimum absolute atomic E-state index is 0.241. The highest BCUT2D eigenvalue weighted by Crippen LogP contribution is 2.28. The molecule has 1 aliphatic rings. The first-order chi connectivity index (χ1) is 11.2. The van der Waals surface area contributed by atoms with Crippen LogP contribution in [0.3, 0.4) is 0 Å². The topological polar surface area (TPSA) is 128 Å². The molecular weight excluding hydrogens is 312 g/mol. The molecule has 0 aromatic carbocycles. The minimum Gasteiger partial charge on any atom is -0.444 e. The molecule has 0 bridgehead atoms. The molecule has 1 amide bonds. The van der Waals surface area contributed by atoms with Crippen LogP contribution in [-0.4, -0.2) is 46.7 Å². The Bertz CT molecular complexity index is 440. The summed E-state index contributed by atoms with van der Waals surface area (Å²) in [6, 6.07) is -0.646. The van der Waals surface area contributed by atoms with E-state index < -0.39 is 29.9 Å². The highest BCUT2D eigenvalue weighted by Gasteiger charge is 2.31. The van der Waals surface area contributed by atoms with Gasteiger partial charge in [0.1, 0.15) is 11.7 Å². The Balaban J connectivity index is 2.72. The van der Waals surface area contributed by atoms with Crippen LogP contribution in [0.2, 0.25) is 0 Å². The SMILES string of the molecule is CC(C)(C)OC(=O)N[C@@H](CC1CCCCC1)[C@@H](O)[C@@H](O)CN=[N+]=[N-]. The van der Waals surface area contributed by atoms with E-state index >= 15 is 0 Å². The van der Waals surface area contributed by atoms with Gasteiger partial charge in [-0.1, -0.05) is 37.2 Å². The lowest BCUT2D eigenvalue weighted by atomic mass is 9.83. The van der Waals surface area contributed by atoms with E-state index in [2.05, 4.69) is 15.3 Å². The standard InChI is InChI=1S/C16H30N4O4/c1-16(2,3)24-15(23)19-12(9-11-7-5-4-6-8-11)14(22)13(21)10-18-20-17/h11-14,21-22H,4-10H2,1-3H3,(H,19,23)/t12-,13-,14+/m0/s1. The molecule has 0 spiro atoms. The molecule has 0 heterocycles. The predicted octanol–water partition coefficient (Wildman–Crippen LogP) is 2.88. The first kappa shape index (κ1) is 20.5. The molecule has 8 heteroatoms. The van der Waals surface area contributed by atoms with Crippen LogP contribution in [0, 0.1) is 5.92 Å². The number of aliphatic hydroxyl groups excluding tert-OH is 2. The van der Waals surface area contributed by atoms with Crippen LogP contribution in [0.4, 0.5) is 4.79 Å². The largest absolute Gasteiger partial charge is 0.444 e. The summed E-state index contributed by atoms with van der Waals surface area (Å²) in [5.74, 6) is 0.389. The molecule has 1 aliphatic carbocycles. The Morgan fingerprint density at radius 3 is 2.50 bits per heavy atom. The molecule has 138 valence electrons. The zero-order valence-corrected chi connectivity index (χ0v) is 14.8. The van der Waals surface area contributed by atoms with Crippen molar-refractivity contribution in [3.8, 4) is 0 Å². The molecule has 0 radical (unpaired) electrons. The summed E-state index contributed by atoms with van der Waals surface area (Å²) in [4.78, 5) is 14.6. The van der Waals surface area contributed by atoms with Gasteiger partial charge in [-0.3, -0.25) is 0 Å². The predicted molar refractivity (Wildman–Crippen MR) is 90.4 cm³/mol. The third-order valence-corrected chi connectivity index (χ3v) is 4.15. The Hall–Kier alpha value is -1.50. The van der Waals surface area contributed by atoms with Crippen molar-refractivity contribution in [2.75, 3.05) is 6.54 Å². The summed E-state index contributed by atoms with van der Waals surface area (Å²) in [5, 5.41) is 26.3. The van der Waals surface area contributed by atoms with Gasteiger partial charge >= 0.3 is 6.09 Å². The van der Waals surface area contributed by atoms with Crippen LogP contribution in [0.1, 0.15) is 59.3 Å². The van der Waals surface area contributed by atoms with Gasteiger partial charge in [0.2, 0.25) is 0 Å². The number of hydrogen-bond acceptors (Lipinski definition) is 5. The maximum atomic E-state index is 12.0. The molecule has 3 atom stereocenters. The zero-order valence-electron chi connectivity index (χ0n) is 14.8. The number of aliphatic hydroxyl groups is 2. The molecule has 0 unspecified atom stereocenters. The number of azide groups is 1. The molecule has 24 heavy (non-hydrogen) atoms. The molecule has 0 aromatic rings. The van der Waals surface area contributed by atoms with Crippen LogP contribution < -0.4 is 5.32 Å². The number of nitrogens with one attached hydrogen (secondary N) is 1. The zero-order chi connectivity index (χ0) is 18.2. The van der Waals surface area contributed by atoms with Crippen molar-refractivity contribution in [2.45, 2.75) is 83.1 Å². The van der Waals surface area contributed by atoms with E-state index in [1.54, 1.807) is 20.8 Å². The minimum atomic E-state index is -1.23. The fraction of sp³-hybridized carbons (Fsp3) is 0.938. The first-order valence-electron chi connectivity index (χ1n) is 8.59. The highest BCUT2D eigenvalue weighted by molar-refractivity contribution is 5.68. The molecule has 0 saturated heterocycles. The van der Waals surface area contributed by atoms with Crippen LogP contribution in [0.5, 0.6) is 0 Å². The summed E-state index contributed by atoms with van der Waals surface area (Å²) >= 11 is 0. The monoisotopic (exact) mass is 342 g/mol. The van der Waals surface area contributed by atoms with E-state index in [9.17, 15) is 15.0 Å². The number of alkyl carbamates (subject to hydrolysis) is 1. The van der Waals surface area contributed by atoms with E-state index in [0.717, 1.165) is 25.7 Å². The van der Waals surface area contributed by atoms with Gasteiger partial charge in [-0.15, -0.1) is 0 Å². The average Bonchev–Trinajstić information content (AvgIpc) is 2.50. The normalized spacial score (nSPS) is 19.7. The summed E-state index contributed by atoms with van der Waals surface area (Å²) in [6.45, 7) is 5.04. The average molecular weight is 342 g/mol. The Kier molecular flexibility index (Phi) is 8.31. The lowest BCUT2D eigenvalue weighted by Crippen LogP contribution is -2.51. The second-order valence-corrected chi connectivity index (χ2v) is 7.46. The van der Waals surface area contributed by atoms with Crippen LogP contribution in [-0.2, 0) is 4.74 Å². The van der Waals surface area contributed by atoms with Gasteiger partial charge in [-0.2, -0.15) is 0 Å². The summed E-state index contributed by atoms with van der Waals surface area (Å²) in [6.07, 6.45) is 3.07. The van der Waals surface area contributed by atoms with Crippen molar-refractivity contribution in [3.05, 3.63) is 10.4 Å². The summed E-state index contributed by atoms with van der Waals surface area (Å²) in [5.41, 5.74) is 7.70. The van der Waals surface area contributed by atoms with Crippen molar-refractivity contribution >= 4 is 6.09 Å². The third kappa shape index (κ3) is 7.86. The second kappa shape index (κ2) is 9.71. The lowest BCUT2D eigenvalue weighted by molar-refractivity contribution is -0.0106. The highest BCUT2D eigenvalue weighted by atomic mass is 16.6. The van der Waals surface area contributed by atoms with E-state index in [1.165, 1.54) is 6.42 Å². The second-order valence-electron chi connectivity index (χ2n) is 7.46. The van der Waals surface area contributed by atoms with E-state index in [0.29, 0.717) is 12.3 Å². The fourth-order valence-electron chi connectivity index (χ4n) is 3.02. The molecule has 8 nitrogen and oxygen atoms in total. The van der Waals surface area contributed by atoms with Crippen LogP contribution >= 0.6 is 0 Å². The Labute approximate surface area is 143 Å². The van der Waals surface area contributed by atoms with Gasteiger partial charge < -0.3 is 20.3 Å². The maximum absolute atomic E-state index is 12.0. The molecule has 1 saturated carbocycles. The summed E-state index contributed by atoms with van der Waals surface area (Å²) < 4.78 is 5.24. The molecule has 1 rings (SSSR count). The summed E-state index contributed by atoms with van der Waals surface area (Å²) in [7, 11) is 0. The maximum Gasteiger partial charge on any atom is 0.407 e. The van der Waals surface area contributed by atoms with Gasteiger partial charge in [0.15, 0.2) is 0 Å². The lowest BCUT2D eigenvalue weighted by Gasteiger charge is -2.32. The smallest absolute Gasteiger partial charge is 0.407 e.